The number of amides is 1. The second-order valence-electron chi connectivity index (χ2n) is 4.56. The molecule has 0 bridgehead atoms. The Morgan fingerprint density at radius 3 is 2.11 bits per heavy atom. The molecule has 0 atom stereocenters. The van der Waals surface area contributed by atoms with Gasteiger partial charge in [-0.25, -0.2) is 8.42 Å². The van der Waals surface area contributed by atoms with E-state index < -0.39 is 9.05 Å². The summed E-state index contributed by atoms with van der Waals surface area (Å²) < 4.78 is 22.2. The fraction of sp³-hybridized carbons (Fsp3) is 0.417. The molecule has 1 aliphatic heterocycles. The quantitative estimate of drug-likeness (QED) is 0.765. The van der Waals surface area contributed by atoms with Gasteiger partial charge in [-0.1, -0.05) is 0 Å². The van der Waals surface area contributed by atoms with Crippen LogP contribution in [0.1, 0.15) is 10.4 Å². The zero-order valence-corrected chi connectivity index (χ0v) is 12.1. The third-order valence-electron chi connectivity index (χ3n) is 3.17. The van der Waals surface area contributed by atoms with Crippen LogP contribution in [0, 0.1) is 0 Å². The summed E-state index contributed by atoms with van der Waals surface area (Å²) in [7, 11) is 3.51. The van der Waals surface area contributed by atoms with E-state index in [1.807, 2.05) is 7.05 Å². The number of halogens is 1. The first-order valence-electron chi connectivity index (χ1n) is 5.90. The fourth-order valence-corrected chi connectivity index (χ4v) is 2.72. The molecular weight excluding hydrogens is 288 g/mol. The van der Waals surface area contributed by atoms with Gasteiger partial charge in [0.25, 0.3) is 15.0 Å². The minimum absolute atomic E-state index is 0.00379. The predicted molar refractivity (Wildman–Crippen MR) is 72.9 cm³/mol. The molecule has 1 fully saturated rings. The molecule has 0 aromatic heterocycles. The lowest BCUT2D eigenvalue weighted by molar-refractivity contribution is 0.0664. The van der Waals surface area contributed by atoms with Crippen LogP contribution in [0.15, 0.2) is 29.2 Å². The van der Waals surface area contributed by atoms with Crippen LogP contribution < -0.4 is 0 Å². The highest BCUT2D eigenvalue weighted by molar-refractivity contribution is 8.13. The van der Waals surface area contributed by atoms with Gasteiger partial charge >= 0.3 is 0 Å². The number of hydrogen-bond donors (Lipinski definition) is 0. The first-order valence-corrected chi connectivity index (χ1v) is 8.21. The Morgan fingerprint density at radius 1 is 1.11 bits per heavy atom. The van der Waals surface area contributed by atoms with Gasteiger partial charge in [0.2, 0.25) is 0 Å². The summed E-state index contributed by atoms with van der Waals surface area (Å²) in [5.74, 6) is -0.0772. The van der Waals surface area contributed by atoms with Crippen molar-refractivity contribution in [1.29, 1.82) is 0 Å². The molecule has 1 heterocycles. The van der Waals surface area contributed by atoms with Crippen LogP contribution in [-0.2, 0) is 9.05 Å². The summed E-state index contributed by atoms with van der Waals surface area (Å²) in [5.41, 5.74) is 0.480. The highest BCUT2D eigenvalue weighted by Crippen LogP contribution is 2.16. The molecular formula is C12H15ClN2O3S. The molecule has 0 radical (unpaired) electrons. The first kappa shape index (κ1) is 14.3. The van der Waals surface area contributed by atoms with Crippen molar-refractivity contribution in [2.24, 2.45) is 0 Å². The number of nitrogens with zero attached hydrogens (tertiary/aromatic N) is 2. The lowest BCUT2D eigenvalue weighted by Gasteiger charge is -2.32. The van der Waals surface area contributed by atoms with E-state index in [1.54, 1.807) is 4.90 Å². The highest BCUT2D eigenvalue weighted by Gasteiger charge is 2.20. The zero-order chi connectivity index (χ0) is 14.0. The topological polar surface area (TPSA) is 57.7 Å². The lowest BCUT2D eigenvalue weighted by Crippen LogP contribution is -2.47. The summed E-state index contributed by atoms with van der Waals surface area (Å²) >= 11 is 0. The third kappa shape index (κ3) is 3.46. The van der Waals surface area contributed by atoms with Crippen molar-refractivity contribution in [3.05, 3.63) is 29.8 Å². The molecule has 0 N–H and O–H groups in total. The van der Waals surface area contributed by atoms with Gasteiger partial charge < -0.3 is 9.80 Å². The molecule has 0 saturated carbocycles. The van der Waals surface area contributed by atoms with Crippen LogP contribution in [0.5, 0.6) is 0 Å². The van der Waals surface area contributed by atoms with Crippen LogP contribution in [0.2, 0.25) is 0 Å². The van der Waals surface area contributed by atoms with Gasteiger partial charge in [-0.05, 0) is 31.3 Å². The van der Waals surface area contributed by atoms with Crippen molar-refractivity contribution >= 4 is 25.6 Å². The van der Waals surface area contributed by atoms with E-state index in [0.29, 0.717) is 18.7 Å². The maximum atomic E-state index is 12.2. The Bertz CT molecular complexity index is 563. The standard InChI is InChI=1S/C12H15ClN2O3S/c1-14-6-8-15(9-7-14)12(16)10-2-4-11(5-3-10)19(13,17)18/h2-5H,6-9H2,1H3. The summed E-state index contributed by atoms with van der Waals surface area (Å²) in [6, 6.07) is 5.70. The van der Waals surface area contributed by atoms with E-state index in [-0.39, 0.29) is 10.8 Å². The van der Waals surface area contributed by atoms with E-state index in [2.05, 4.69) is 4.90 Å². The Hall–Kier alpha value is -1.11. The van der Waals surface area contributed by atoms with Gasteiger partial charge in [0.15, 0.2) is 0 Å². The highest BCUT2D eigenvalue weighted by atomic mass is 35.7. The second kappa shape index (κ2) is 5.48. The van der Waals surface area contributed by atoms with E-state index in [9.17, 15) is 13.2 Å². The van der Waals surface area contributed by atoms with Gasteiger partial charge in [0.05, 0.1) is 4.90 Å². The molecule has 0 aliphatic carbocycles. The number of carbonyl (C=O) groups is 1. The van der Waals surface area contributed by atoms with Crippen LogP contribution in [-0.4, -0.2) is 57.4 Å². The Labute approximate surface area is 117 Å². The Kier molecular flexibility index (Phi) is 4.13. The number of hydrogen-bond acceptors (Lipinski definition) is 4. The Morgan fingerprint density at radius 2 is 1.63 bits per heavy atom. The summed E-state index contributed by atoms with van der Waals surface area (Å²) in [6.07, 6.45) is 0. The van der Waals surface area contributed by atoms with Crippen molar-refractivity contribution in [3.8, 4) is 0 Å². The minimum atomic E-state index is -3.74. The number of benzene rings is 1. The van der Waals surface area contributed by atoms with Crippen molar-refractivity contribution in [2.75, 3.05) is 33.2 Å². The van der Waals surface area contributed by atoms with E-state index >= 15 is 0 Å². The molecule has 0 unspecified atom stereocenters. The normalized spacial score (nSPS) is 17.5. The van der Waals surface area contributed by atoms with E-state index in [0.717, 1.165) is 13.1 Å². The number of piperazine rings is 1. The second-order valence-corrected chi connectivity index (χ2v) is 7.12. The van der Waals surface area contributed by atoms with Crippen molar-refractivity contribution in [3.63, 3.8) is 0 Å². The monoisotopic (exact) mass is 302 g/mol. The largest absolute Gasteiger partial charge is 0.336 e. The molecule has 2 rings (SSSR count). The van der Waals surface area contributed by atoms with Crippen molar-refractivity contribution < 1.29 is 13.2 Å². The zero-order valence-electron chi connectivity index (χ0n) is 10.5. The van der Waals surface area contributed by atoms with Gasteiger partial charge in [0, 0.05) is 42.4 Å². The number of likely N-dealkylation sites (N-methyl/N-ethyl adjacent to an activating group) is 1. The summed E-state index contributed by atoms with van der Waals surface area (Å²) in [6.45, 7) is 3.07. The van der Waals surface area contributed by atoms with Crippen LogP contribution in [0.25, 0.3) is 0 Å². The van der Waals surface area contributed by atoms with Gasteiger partial charge in [0.1, 0.15) is 0 Å². The fourth-order valence-electron chi connectivity index (χ4n) is 1.95. The van der Waals surface area contributed by atoms with Crippen molar-refractivity contribution in [2.45, 2.75) is 4.90 Å². The molecule has 0 spiro atoms. The molecule has 104 valence electrons. The lowest BCUT2D eigenvalue weighted by atomic mass is 10.2. The van der Waals surface area contributed by atoms with Crippen LogP contribution in [0.4, 0.5) is 0 Å². The third-order valence-corrected chi connectivity index (χ3v) is 4.54. The predicted octanol–water partition coefficient (Wildman–Crippen LogP) is 1.00. The van der Waals surface area contributed by atoms with Crippen LogP contribution in [0.3, 0.4) is 0 Å². The van der Waals surface area contributed by atoms with Gasteiger partial charge in [-0.15, -0.1) is 0 Å². The van der Waals surface area contributed by atoms with E-state index in [4.69, 9.17) is 10.7 Å². The Balaban J connectivity index is 2.12. The van der Waals surface area contributed by atoms with E-state index in [1.165, 1.54) is 24.3 Å². The van der Waals surface area contributed by atoms with Crippen LogP contribution >= 0.6 is 10.7 Å². The molecule has 1 saturated heterocycles. The molecule has 5 nitrogen and oxygen atoms in total. The SMILES string of the molecule is CN1CCN(C(=O)c2ccc(S(=O)(=O)Cl)cc2)CC1. The number of carbonyl (C=O) groups excluding carboxylic acids is 1. The van der Waals surface area contributed by atoms with Gasteiger partial charge in [-0.2, -0.15) is 0 Å². The molecule has 1 aromatic carbocycles. The summed E-state index contributed by atoms with van der Waals surface area (Å²) in [5, 5.41) is 0. The first-order chi connectivity index (χ1) is 8.88. The minimum Gasteiger partial charge on any atom is -0.336 e. The average Bonchev–Trinajstić information content (AvgIpc) is 2.38. The van der Waals surface area contributed by atoms with Crippen molar-refractivity contribution in [1.82, 2.24) is 9.80 Å². The molecule has 7 heteroatoms. The number of rotatable bonds is 2. The molecule has 1 aromatic rings. The molecule has 19 heavy (non-hydrogen) atoms. The smallest absolute Gasteiger partial charge is 0.261 e. The van der Waals surface area contributed by atoms with Gasteiger partial charge in [-0.3, -0.25) is 4.79 Å². The molecule has 1 amide bonds. The average molecular weight is 303 g/mol. The summed E-state index contributed by atoms with van der Waals surface area (Å²) in [4.78, 5) is 16.1. The molecule has 1 aliphatic rings. The maximum absolute atomic E-state index is 12.2. The maximum Gasteiger partial charge on any atom is 0.261 e.